The first-order valence-corrected chi connectivity index (χ1v) is 6.76. The van der Waals surface area contributed by atoms with Crippen LogP contribution in [0.4, 0.5) is 0 Å². The Morgan fingerprint density at radius 3 is 2.53 bits per heavy atom. The maximum atomic E-state index is 12.6. The molecule has 0 bridgehead atoms. The Bertz CT molecular complexity index is 246. The summed E-state index contributed by atoms with van der Waals surface area (Å²) >= 11 is 0. The van der Waals surface area contributed by atoms with Gasteiger partial charge in [-0.15, -0.1) is 0 Å². The van der Waals surface area contributed by atoms with Crippen LogP contribution in [0.3, 0.4) is 0 Å². The molecule has 100 valence electrons. The highest BCUT2D eigenvalue weighted by atomic mass is 16.3. The largest absolute Gasteiger partial charge is 0.395 e. The van der Waals surface area contributed by atoms with E-state index in [1.54, 1.807) is 0 Å². The van der Waals surface area contributed by atoms with E-state index in [4.69, 9.17) is 5.11 Å². The van der Waals surface area contributed by atoms with Crippen molar-refractivity contribution >= 4 is 5.91 Å². The van der Waals surface area contributed by atoms with Crippen molar-refractivity contribution in [1.82, 2.24) is 10.2 Å². The van der Waals surface area contributed by atoms with E-state index in [9.17, 15) is 4.79 Å². The maximum Gasteiger partial charge on any atom is 0.242 e. The molecule has 0 radical (unpaired) electrons. The predicted molar refractivity (Wildman–Crippen MR) is 68.8 cm³/mol. The van der Waals surface area contributed by atoms with Gasteiger partial charge in [-0.2, -0.15) is 0 Å². The lowest BCUT2D eigenvalue weighted by Crippen LogP contribution is -2.56. The predicted octanol–water partition coefficient (Wildman–Crippen LogP) is 1.14. The van der Waals surface area contributed by atoms with Gasteiger partial charge < -0.3 is 15.3 Å². The summed E-state index contributed by atoms with van der Waals surface area (Å²) in [6.45, 7) is 7.57. The van der Waals surface area contributed by atoms with Crippen LogP contribution in [0.5, 0.6) is 0 Å². The number of aliphatic hydroxyl groups excluding tert-OH is 1. The number of rotatable bonds is 6. The average molecular weight is 242 g/mol. The monoisotopic (exact) mass is 242 g/mol. The molecule has 1 aliphatic heterocycles. The second kappa shape index (κ2) is 6.36. The molecule has 0 spiro atoms. The molecule has 1 aliphatic rings. The van der Waals surface area contributed by atoms with Crippen LogP contribution in [0.15, 0.2) is 0 Å². The van der Waals surface area contributed by atoms with E-state index in [1.807, 2.05) is 11.8 Å². The van der Waals surface area contributed by atoms with Gasteiger partial charge in [0, 0.05) is 12.6 Å². The number of hydrogen-bond acceptors (Lipinski definition) is 3. The summed E-state index contributed by atoms with van der Waals surface area (Å²) in [5, 5.41) is 12.4. The van der Waals surface area contributed by atoms with Crippen molar-refractivity contribution in [3.63, 3.8) is 0 Å². The zero-order valence-electron chi connectivity index (χ0n) is 11.3. The van der Waals surface area contributed by atoms with Gasteiger partial charge in [-0.3, -0.25) is 4.79 Å². The molecule has 1 saturated heterocycles. The molecular formula is C13H26N2O2. The van der Waals surface area contributed by atoms with Crippen LogP contribution >= 0.6 is 0 Å². The van der Waals surface area contributed by atoms with Gasteiger partial charge in [0.2, 0.25) is 5.91 Å². The Kier molecular flexibility index (Phi) is 5.40. The molecular weight excluding hydrogens is 216 g/mol. The van der Waals surface area contributed by atoms with Crippen molar-refractivity contribution in [2.24, 2.45) is 0 Å². The van der Waals surface area contributed by atoms with Gasteiger partial charge in [-0.25, -0.2) is 0 Å². The van der Waals surface area contributed by atoms with E-state index < -0.39 is 5.54 Å². The summed E-state index contributed by atoms with van der Waals surface area (Å²) < 4.78 is 0. The molecule has 1 heterocycles. The van der Waals surface area contributed by atoms with E-state index in [0.717, 1.165) is 32.2 Å². The van der Waals surface area contributed by atoms with Gasteiger partial charge in [0.1, 0.15) is 0 Å². The fraction of sp³-hybridized carbons (Fsp3) is 0.923. The maximum absolute atomic E-state index is 12.6. The Balaban J connectivity index is 2.78. The molecule has 1 rings (SSSR count). The third kappa shape index (κ3) is 3.19. The Morgan fingerprint density at radius 2 is 2.12 bits per heavy atom. The van der Waals surface area contributed by atoms with Crippen molar-refractivity contribution in [2.45, 2.75) is 58.0 Å². The van der Waals surface area contributed by atoms with Crippen LogP contribution in [-0.2, 0) is 4.79 Å². The van der Waals surface area contributed by atoms with E-state index in [1.165, 1.54) is 0 Å². The number of aliphatic hydroxyl groups is 1. The quantitative estimate of drug-likeness (QED) is 0.734. The van der Waals surface area contributed by atoms with E-state index in [2.05, 4.69) is 19.2 Å². The molecule has 0 saturated carbocycles. The minimum Gasteiger partial charge on any atom is -0.395 e. The lowest BCUT2D eigenvalue weighted by molar-refractivity contribution is -0.140. The first-order valence-electron chi connectivity index (χ1n) is 6.76. The number of nitrogens with one attached hydrogen (secondary N) is 1. The van der Waals surface area contributed by atoms with Gasteiger partial charge >= 0.3 is 0 Å². The molecule has 4 nitrogen and oxygen atoms in total. The summed E-state index contributed by atoms with van der Waals surface area (Å²) in [5.41, 5.74) is -0.419. The highest BCUT2D eigenvalue weighted by molar-refractivity contribution is 5.86. The first-order chi connectivity index (χ1) is 8.09. The topological polar surface area (TPSA) is 52.6 Å². The average Bonchev–Trinajstić information content (AvgIpc) is 2.77. The van der Waals surface area contributed by atoms with E-state index in [-0.39, 0.29) is 18.6 Å². The molecule has 17 heavy (non-hydrogen) atoms. The fourth-order valence-electron chi connectivity index (χ4n) is 2.68. The Hall–Kier alpha value is -0.610. The lowest BCUT2D eigenvalue weighted by Gasteiger charge is -2.36. The minimum atomic E-state index is -0.419. The molecule has 0 aromatic heterocycles. The summed E-state index contributed by atoms with van der Waals surface area (Å²) in [5.74, 6) is 0.151. The number of hydrogen-bond donors (Lipinski definition) is 2. The van der Waals surface area contributed by atoms with Crippen molar-refractivity contribution in [3.05, 3.63) is 0 Å². The third-order valence-corrected chi connectivity index (χ3v) is 3.83. The van der Waals surface area contributed by atoms with Gasteiger partial charge in [0.15, 0.2) is 0 Å². The molecule has 0 aliphatic carbocycles. The fourth-order valence-corrected chi connectivity index (χ4v) is 2.68. The molecule has 0 aromatic rings. The van der Waals surface area contributed by atoms with Crippen LogP contribution in [0.1, 0.15) is 46.5 Å². The first kappa shape index (κ1) is 14.5. The van der Waals surface area contributed by atoms with E-state index in [0.29, 0.717) is 6.54 Å². The Labute approximate surface area is 104 Å². The second-order valence-electron chi connectivity index (χ2n) is 5.05. The van der Waals surface area contributed by atoms with E-state index >= 15 is 0 Å². The SMILES string of the molecule is CCC(CC)N(CCO)C(=O)C1(C)CCCN1. The van der Waals surface area contributed by atoms with Gasteiger partial charge in [-0.05, 0) is 39.2 Å². The summed E-state index contributed by atoms with van der Waals surface area (Å²) in [6.07, 6.45) is 3.84. The third-order valence-electron chi connectivity index (χ3n) is 3.83. The van der Waals surface area contributed by atoms with Crippen LogP contribution in [-0.4, -0.2) is 47.2 Å². The number of nitrogens with zero attached hydrogens (tertiary/aromatic N) is 1. The zero-order valence-corrected chi connectivity index (χ0v) is 11.3. The van der Waals surface area contributed by atoms with Crippen molar-refractivity contribution in [2.75, 3.05) is 19.7 Å². The van der Waals surface area contributed by atoms with Crippen LogP contribution < -0.4 is 5.32 Å². The van der Waals surface area contributed by atoms with Crippen LogP contribution in [0, 0.1) is 0 Å². The van der Waals surface area contributed by atoms with Crippen molar-refractivity contribution < 1.29 is 9.90 Å². The second-order valence-corrected chi connectivity index (χ2v) is 5.05. The number of carbonyl (C=O) groups excluding carboxylic acids is 1. The Morgan fingerprint density at radius 1 is 1.47 bits per heavy atom. The molecule has 4 heteroatoms. The molecule has 1 unspecified atom stereocenters. The molecule has 1 fully saturated rings. The van der Waals surface area contributed by atoms with Crippen molar-refractivity contribution in [3.8, 4) is 0 Å². The highest BCUT2D eigenvalue weighted by Crippen LogP contribution is 2.23. The minimum absolute atomic E-state index is 0.0400. The summed E-state index contributed by atoms with van der Waals surface area (Å²) in [4.78, 5) is 14.4. The van der Waals surface area contributed by atoms with Gasteiger partial charge in [-0.1, -0.05) is 13.8 Å². The highest BCUT2D eigenvalue weighted by Gasteiger charge is 2.40. The smallest absolute Gasteiger partial charge is 0.242 e. The molecule has 1 atom stereocenters. The standard InChI is InChI=1S/C13H26N2O2/c1-4-11(5-2)15(9-10-16)12(17)13(3)7-6-8-14-13/h11,14,16H,4-10H2,1-3H3. The van der Waals surface area contributed by atoms with Crippen LogP contribution in [0.2, 0.25) is 0 Å². The van der Waals surface area contributed by atoms with Crippen molar-refractivity contribution in [1.29, 1.82) is 0 Å². The molecule has 1 amide bonds. The van der Waals surface area contributed by atoms with Crippen LogP contribution in [0.25, 0.3) is 0 Å². The molecule has 0 aromatic carbocycles. The summed E-state index contributed by atoms with van der Waals surface area (Å²) in [7, 11) is 0. The number of carbonyl (C=O) groups is 1. The normalized spacial score (nSPS) is 24.3. The van der Waals surface area contributed by atoms with Gasteiger partial charge in [0.25, 0.3) is 0 Å². The van der Waals surface area contributed by atoms with Gasteiger partial charge in [0.05, 0.1) is 12.1 Å². The molecule has 2 N–H and O–H groups in total. The zero-order chi connectivity index (χ0) is 12.9. The summed E-state index contributed by atoms with van der Waals surface area (Å²) in [6, 6.07) is 0.244. The lowest BCUT2D eigenvalue weighted by atomic mass is 9.96. The number of amides is 1.